The SMILES string of the molecule is CC=CC=CC(=O)N(C)CC(=O)N1CCC(C(=O)OCC)CC1. The molecule has 0 N–H and O–H groups in total. The maximum Gasteiger partial charge on any atom is 0.309 e. The van der Waals surface area contributed by atoms with Crippen LogP contribution in [0.15, 0.2) is 24.3 Å². The van der Waals surface area contributed by atoms with Crippen molar-refractivity contribution >= 4 is 17.8 Å². The van der Waals surface area contributed by atoms with Crippen LogP contribution < -0.4 is 0 Å². The second-order valence-electron chi connectivity index (χ2n) is 5.49. The van der Waals surface area contributed by atoms with Crippen LogP contribution in [0.4, 0.5) is 0 Å². The van der Waals surface area contributed by atoms with Crippen LogP contribution in [0, 0.1) is 5.92 Å². The van der Waals surface area contributed by atoms with E-state index in [9.17, 15) is 14.4 Å². The highest BCUT2D eigenvalue weighted by molar-refractivity contribution is 5.91. The lowest BCUT2D eigenvalue weighted by molar-refractivity contribution is -0.151. The maximum atomic E-state index is 12.2. The summed E-state index contributed by atoms with van der Waals surface area (Å²) in [4.78, 5) is 38.8. The molecule has 0 aromatic rings. The lowest BCUT2D eigenvalue weighted by atomic mass is 9.97. The van der Waals surface area contributed by atoms with E-state index in [-0.39, 0.29) is 30.2 Å². The zero-order valence-corrected chi connectivity index (χ0v) is 14.2. The van der Waals surface area contributed by atoms with Crippen molar-refractivity contribution in [3.63, 3.8) is 0 Å². The summed E-state index contributed by atoms with van der Waals surface area (Å²) in [5, 5.41) is 0. The van der Waals surface area contributed by atoms with E-state index < -0.39 is 0 Å². The van der Waals surface area contributed by atoms with Crippen molar-refractivity contribution < 1.29 is 19.1 Å². The van der Waals surface area contributed by atoms with Gasteiger partial charge in [0.15, 0.2) is 0 Å². The number of likely N-dealkylation sites (tertiary alicyclic amines) is 1. The summed E-state index contributed by atoms with van der Waals surface area (Å²) < 4.78 is 5.01. The van der Waals surface area contributed by atoms with Crippen LogP contribution in [0.3, 0.4) is 0 Å². The third-order valence-corrected chi connectivity index (χ3v) is 3.76. The monoisotopic (exact) mass is 322 g/mol. The largest absolute Gasteiger partial charge is 0.466 e. The minimum absolute atomic E-state index is 0.0447. The lowest BCUT2D eigenvalue weighted by Crippen LogP contribution is -2.45. The van der Waals surface area contributed by atoms with Crippen molar-refractivity contribution in [1.29, 1.82) is 0 Å². The lowest BCUT2D eigenvalue weighted by Gasteiger charge is -2.32. The molecule has 0 saturated carbocycles. The van der Waals surface area contributed by atoms with E-state index in [0.717, 1.165) is 0 Å². The Morgan fingerprint density at radius 1 is 1.22 bits per heavy atom. The van der Waals surface area contributed by atoms with Crippen molar-refractivity contribution in [3.05, 3.63) is 24.3 Å². The van der Waals surface area contributed by atoms with Crippen molar-refractivity contribution in [2.75, 3.05) is 33.3 Å². The number of ether oxygens (including phenoxy) is 1. The van der Waals surface area contributed by atoms with Gasteiger partial charge in [-0.3, -0.25) is 14.4 Å². The van der Waals surface area contributed by atoms with Crippen molar-refractivity contribution in [3.8, 4) is 0 Å². The molecule has 1 saturated heterocycles. The molecule has 128 valence electrons. The molecular weight excluding hydrogens is 296 g/mol. The molecule has 0 radical (unpaired) electrons. The summed E-state index contributed by atoms with van der Waals surface area (Å²) >= 11 is 0. The smallest absolute Gasteiger partial charge is 0.309 e. The summed E-state index contributed by atoms with van der Waals surface area (Å²) in [6.45, 7) is 5.13. The number of piperidine rings is 1. The summed E-state index contributed by atoms with van der Waals surface area (Å²) in [7, 11) is 1.60. The van der Waals surface area contributed by atoms with E-state index in [1.165, 1.54) is 11.0 Å². The average Bonchev–Trinajstić information content (AvgIpc) is 2.55. The molecule has 0 aromatic heterocycles. The fraction of sp³-hybridized carbons (Fsp3) is 0.588. The van der Waals surface area contributed by atoms with Crippen LogP contribution in [0.2, 0.25) is 0 Å². The van der Waals surface area contributed by atoms with Gasteiger partial charge in [0.25, 0.3) is 0 Å². The topological polar surface area (TPSA) is 66.9 Å². The number of hydrogen-bond acceptors (Lipinski definition) is 4. The fourth-order valence-electron chi connectivity index (χ4n) is 2.38. The van der Waals surface area contributed by atoms with E-state index >= 15 is 0 Å². The highest BCUT2D eigenvalue weighted by Crippen LogP contribution is 2.18. The molecule has 0 atom stereocenters. The second-order valence-corrected chi connectivity index (χ2v) is 5.49. The summed E-state index contributed by atoms with van der Waals surface area (Å²) in [6.07, 6.45) is 7.89. The molecule has 1 aliphatic heterocycles. The minimum Gasteiger partial charge on any atom is -0.466 e. The number of carbonyl (C=O) groups is 3. The number of likely N-dealkylation sites (N-methyl/N-ethyl adjacent to an activating group) is 1. The first-order valence-electron chi connectivity index (χ1n) is 7.98. The summed E-state index contributed by atoms with van der Waals surface area (Å²) in [5.41, 5.74) is 0. The van der Waals surface area contributed by atoms with Crippen molar-refractivity contribution in [2.45, 2.75) is 26.7 Å². The van der Waals surface area contributed by atoms with E-state index in [1.807, 2.05) is 13.0 Å². The van der Waals surface area contributed by atoms with Gasteiger partial charge in [-0.05, 0) is 26.7 Å². The number of nitrogens with zero attached hydrogens (tertiary/aromatic N) is 2. The van der Waals surface area contributed by atoms with Gasteiger partial charge in [-0.1, -0.05) is 18.2 Å². The average molecular weight is 322 g/mol. The van der Waals surface area contributed by atoms with Crippen LogP contribution in [0.1, 0.15) is 26.7 Å². The van der Waals surface area contributed by atoms with E-state index in [2.05, 4.69) is 0 Å². The second kappa shape index (κ2) is 9.82. The van der Waals surface area contributed by atoms with E-state index in [4.69, 9.17) is 4.74 Å². The highest BCUT2D eigenvalue weighted by Gasteiger charge is 2.28. The summed E-state index contributed by atoms with van der Waals surface area (Å²) in [6, 6.07) is 0. The molecule has 6 heteroatoms. The number of amides is 2. The predicted molar refractivity (Wildman–Crippen MR) is 87.5 cm³/mol. The quantitative estimate of drug-likeness (QED) is 0.421. The molecule has 2 amide bonds. The third kappa shape index (κ3) is 6.26. The first kappa shape index (κ1) is 18.9. The van der Waals surface area contributed by atoms with Gasteiger partial charge in [-0.15, -0.1) is 0 Å². The molecule has 1 heterocycles. The van der Waals surface area contributed by atoms with E-state index in [1.54, 1.807) is 31.0 Å². The number of hydrogen-bond donors (Lipinski definition) is 0. The Bertz CT molecular complexity index is 477. The Kier molecular flexibility index (Phi) is 8.08. The molecule has 0 bridgehead atoms. The van der Waals surface area contributed by atoms with Gasteiger partial charge >= 0.3 is 5.97 Å². The third-order valence-electron chi connectivity index (χ3n) is 3.76. The molecule has 6 nitrogen and oxygen atoms in total. The van der Waals surface area contributed by atoms with Crippen LogP contribution in [-0.2, 0) is 19.1 Å². The van der Waals surface area contributed by atoms with Crippen LogP contribution in [0.25, 0.3) is 0 Å². The van der Waals surface area contributed by atoms with Crippen molar-refractivity contribution in [1.82, 2.24) is 9.80 Å². The Morgan fingerprint density at radius 2 is 1.87 bits per heavy atom. The number of allylic oxidation sites excluding steroid dienone is 3. The number of carbonyl (C=O) groups excluding carboxylic acids is 3. The van der Waals surface area contributed by atoms with Crippen LogP contribution >= 0.6 is 0 Å². The predicted octanol–water partition coefficient (Wildman–Crippen LogP) is 1.38. The van der Waals surface area contributed by atoms with E-state index in [0.29, 0.717) is 32.5 Å². The maximum absolute atomic E-state index is 12.2. The zero-order valence-electron chi connectivity index (χ0n) is 14.2. The molecule has 0 aromatic carbocycles. The summed E-state index contributed by atoms with van der Waals surface area (Å²) in [5.74, 6) is -0.608. The Hall–Kier alpha value is -2.11. The highest BCUT2D eigenvalue weighted by atomic mass is 16.5. The zero-order chi connectivity index (χ0) is 17.2. The van der Waals surface area contributed by atoms with Gasteiger partial charge in [-0.25, -0.2) is 0 Å². The van der Waals surface area contributed by atoms with Crippen molar-refractivity contribution in [2.24, 2.45) is 5.92 Å². The van der Waals surface area contributed by atoms with Gasteiger partial charge in [0.1, 0.15) is 0 Å². The first-order valence-corrected chi connectivity index (χ1v) is 7.98. The van der Waals surface area contributed by atoms with Gasteiger partial charge in [-0.2, -0.15) is 0 Å². The molecule has 1 aliphatic rings. The Balaban J connectivity index is 2.42. The Morgan fingerprint density at radius 3 is 2.43 bits per heavy atom. The first-order chi connectivity index (χ1) is 11.0. The molecule has 0 unspecified atom stereocenters. The molecule has 0 aliphatic carbocycles. The standard InChI is InChI=1S/C17H26N2O4/c1-4-6-7-8-15(20)18(3)13-16(21)19-11-9-14(10-12-19)17(22)23-5-2/h4,6-8,14H,5,9-13H2,1-3H3. The molecular formula is C17H26N2O4. The number of esters is 1. The molecule has 23 heavy (non-hydrogen) atoms. The van der Waals surface area contributed by atoms with Gasteiger partial charge < -0.3 is 14.5 Å². The molecule has 0 spiro atoms. The van der Waals surface area contributed by atoms with Gasteiger partial charge in [0.2, 0.25) is 11.8 Å². The molecule has 1 fully saturated rings. The minimum atomic E-state index is -0.210. The number of rotatable bonds is 6. The fourth-order valence-corrected chi connectivity index (χ4v) is 2.38. The van der Waals surface area contributed by atoms with Crippen LogP contribution in [-0.4, -0.2) is 60.9 Å². The Labute approximate surface area is 137 Å². The molecule has 1 rings (SSSR count). The van der Waals surface area contributed by atoms with Gasteiger partial charge in [0.05, 0.1) is 19.1 Å². The van der Waals surface area contributed by atoms with Crippen LogP contribution in [0.5, 0.6) is 0 Å². The normalized spacial score (nSPS) is 16.0. The van der Waals surface area contributed by atoms with Gasteiger partial charge in [0, 0.05) is 26.2 Å².